The highest BCUT2D eigenvalue weighted by molar-refractivity contribution is 7.99. The number of nitrogens with one attached hydrogen (secondary N) is 1. The van der Waals surface area contributed by atoms with E-state index in [0.717, 1.165) is 17.0 Å². The van der Waals surface area contributed by atoms with Gasteiger partial charge in [0, 0.05) is 24.5 Å². The number of methoxy groups -OCH3 is 1. The quantitative estimate of drug-likeness (QED) is 0.667. The highest BCUT2D eigenvalue weighted by Gasteiger charge is 2.36. The average Bonchev–Trinajstić information content (AvgIpc) is 3.07. The van der Waals surface area contributed by atoms with Crippen LogP contribution in [0.4, 0.5) is 5.95 Å². The van der Waals surface area contributed by atoms with Gasteiger partial charge in [-0.05, 0) is 19.6 Å². The third kappa shape index (κ3) is 2.68. The predicted molar refractivity (Wildman–Crippen MR) is 90.8 cm³/mol. The molecule has 0 fully saturated rings. The van der Waals surface area contributed by atoms with E-state index in [4.69, 9.17) is 4.74 Å². The fourth-order valence-electron chi connectivity index (χ4n) is 2.87. The maximum absolute atomic E-state index is 12.4. The van der Waals surface area contributed by atoms with Gasteiger partial charge in [0.05, 0.1) is 18.4 Å². The lowest BCUT2D eigenvalue weighted by Crippen LogP contribution is -2.29. The molecule has 8 nitrogen and oxygen atoms in total. The minimum atomic E-state index is -0.416. The standard InChI is InChI=1S/C15H20N6O2S/c1-6-24-15-17-14-16-9(3)11(13(22)23-5)12(21(14)19-15)10-7-20(4)18-8(10)2/h7,12H,6H2,1-5H3,(H,16,17,19). The zero-order valence-electron chi connectivity index (χ0n) is 14.3. The fraction of sp³-hybridized carbons (Fsp3) is 0.467. The highest BCUT2D eigenvalue weighted by Crippen LogP contribution is 2.37. The molecule has 3 heterocycles. The molecular formula is C15H20N6O2S. The summed E-state index contributed by atoms with van der Waals surface area (Å²) in [7, 11) is 3.23. The molecule has 0 saturated carbocycles. The molecule has 0 aliphatic carbocycles. The summed E-state index contributed by atoms with van der Waals surface area (Å²) in [6, 6.07) is -0.416. The van der Waals surface area contributed by atoms with Crippen LogP contribution in [0.15, 0.2) is 22.6 Å². The number of ether oxygens (including phenoxy) is 1. The van der Waals surface area contributed by atoms with Gasteiger partial charge in [-0.25, -0.2) is 9.48 Å². The predicted octanol–water partition coefficient (Wildman–Crippen LogP) is 1.89. The van der Waals surface area contributed by atoms with Crippen molar-refractivity contribution < 1.29 is 9.53 Å². The number of carbonyl (C=O) groups excluding carboxylic acids is 1. The molecule has 0 bridgehead atoms. The Morgan fingerprint density at radius 3 is 2.75 bits per heavy atom. The third-order valence-electron chi connectivity index (χ3n) is 3.86. The summed E-state index contributed by atoms with van der Waals surface area (Å²) in [5.74, 6) is 1.10. The van der Waals surface area contributed by atoms with Crippen molar-refractivity contribution in [3.63, 3.8) is 0 Å². The largest absolute Gasteiger partial charge is 0.466 e. The Hall–Kier alpha value is -2.29. The molecule has 1 aliphatic rings. The van der Waals surface area contributed by atoms with E-state index < -0.39 is 6.04 Å². The maximum atomic E-state index is 12.4. The Labute approximate surface area is 144 Å². The van der Waals surface area contributed by atoms with Crippen LogP contribution in [-0.2, 0) is 16.6 Å². The second kappa shape index (κ2) is 6.31. The zero-order chi connectivity index (χ0) is 17.4. The van der Waals surface area contributed by atoms with Crippen molar-refractivity contribution >= 4 is 23.7 Å². The van der Waals surface area contributed by atoms with Crippen LogP contribution in [-0.4, -0.2) is 43.4 Å². The van der Waals surface area contributed by atoms with Crippen LogP contribution < -0.4 is 5.32 Å². The molecule has 0 amide bonds. The van der Waals surface area contributed by atoms with E-state index in [1.165, 1.54) is 7.11 Å². The Morgan fingerprint density at radius 2 is 2.17 bits per heavy atom. The summed E-state index contributed by atoms with van der Waals surface area (Å²) < 4.78 is 8.47. The van der Waals surface area contributed by atoms with Crippen LogP contribution >= 0.6 is 11.8 Å². The number of aromatic nitrogens is 5. The molecule has 24 heavy (non-hydrogen) atoms. The van der Waals surface area contributed by atoms with Gasteiger partial charge in [0.25, 0.3) is 0 Å². The number of rotatable bonds is 4. The minimum Gasteiger partial charge on any atom is -0.466 e. The van der Waals surface area contributed by atoms with Crippen molar-refractivity contribution in [2.75, 3.05) is 18.2 Å². The van der Waals surface area contributed by atoms with Gasteiger partial charge in [0.2, 0.25) is 11.1 Å². The van der Waals surface area contributed by atoms with Crippen LogP contribution in [0.3, 0.4) is 0 Å². The summed E-state index contributed by atoms with van der Waals surface area (Å²) >= 11 is 1.55. The monoisotopic (exact) mass is 348 g/mol. The number of thioether (sulfide) groups is 1. The zero-order valence-corrected chi connectivity index (χ0v) is 15.1. The first kappa shape index (κ1) is 16.6. The molecule has 1 atom stereocenters. The van der Waals surface area contributed by atoms with E-state index in [1.807, 2.05) is 34.0 Å². The molecule has 128 valence electrons. The van der Waals surface area contributed by atoms with Crippen molar-refractivity contribution in [3.05, 3.63) is 28.7 Å². The first-order valence-electron chi connectivity index (χ1n) is 7.61. The van der Waals surface area contributed by atoms with E-state index >= 15 is 0 Å². The van der Waals surface area contributed by atoms with Gasteiger partial charge >= 0.3 is 5.97 Å². The molecule has 0 saturated heterocycles. The van der Waals surface area contributed by atoms with Gasteiger partial charge < -0.3 is 10.1 Å². The summed E-state index contributed by atoms with van der Waals surface area (Å²) in [5.41, 5.74) is 2.96. The molecule has 0 radical (unpaired) electrons. The molecule has 2 aromatic heterocycles. The molecule has 1 N–H and O–H groups in total. The number of hydrogen-bond donors (Lipinski definition) is 1. The third-order valence-corrected chi connectivity index (χ3v) is 4.58. The molecule has 2 aromatic rings. The second-order valence-electron chi connectivity index (χ2n) is 5.50. The number of carbonyl (C=O) groups is 1. The Bertz CT molecular complexity index is 822. The van der Waals surface area contributed by atoms with E-state index in [1.54, 1.807) is 21.1 Å². The lowest BCUT2D eigenvalue weighted by atomic mass is 9.96. The Balaban J connectivity index is 2.19. The second-order valence-corrected chi connectivity index (χ2v) is 6.73. The van der Waals surface area contributed by atoms with Crippen LogP contribution in [0.5, 0.6) is 0 Å². The van der Waals surface area contributed by atoms with E-state index in [2.05, 4.69) is 20.5 Å². The minimum absolute atomic E-state index is 0.390. The molecule has 1 aliphatic heterocycles. The van der Waals surface area contributed by atoms with Crippen molar-refractivity contribution in [2.45, 2.75) is 32.0 Å². The van der Waals surface area contributed by atoms with Gasteiger partial charge in [-0.2, -0.15) is 10.1 Å². The van der Waals surface area contributed by atoms with Crippen LogP contribution in [0, 0.1) is 6.92 Å². The summed E-state index contributed by atoms with van der Waals surface area (Å²) in [4.78, 5) is 16.9. The molecule has 0 aromatic carbocycles. The van der Waals surface area contributed by atoms with Gasteiger partial charge in [0.1, 0.15) is 6.04 Å². The SMILES string of the molecule is CCSc1nc2n(n1)C(c1cn(C)nc1C)C(C(=O)OC)=C(C)N2. The number of esters is 1. The van der Waals surface area contributed by atoms with Gasteiger partial charge in [0.15, 0.2) is 0 Å². The van der Waals surface area contributed by atoms with Crippen molar-refractivity contribution in [1.82, 2.24) is 24.5 Å². The molecule has 1 unspecified atom stereocenters. The Kier molecular flexibility index (Phi) is 4.35. The van der Waals surface area contributed by atoms with E-state index in [-0.39, 0.29) is 5.97 Å². The number of hydrogen-bond acceptors (Lipinski definition) is 7. The number of aryl methyl sites for hydroxylation is 2. The average molecular weight is 348 g/mol. The molecule has 0 spiro atoms. The Morgan fingerprint density at radius 1 is 1.42 bits per heavy atom. The van der Waals surface area contributed by atoms with Crippen LogP contribution in [0.2, 0.25) is 0 Å². The van der Waals surface area contributed by atoms with E-state index in [9.17, 15) is 4.79 Å². The van der Waals surface area contributed by atoms with Crippen LogP contribution in [0.1, 0.15) is 31.1 Å². The number of allylic oxidation sites excluding steroid dienone is 1. The maximum Gasteiger partial charge on any atom is 0.338 e. The van der Waals surface area contributed by atoms with Gasteiger partial charge in [-0.3, -0.25) is 4.68 Å². The number of anilines is 1. The van der Waals surface area contributed by atoms with Crippen molar-refractivity contribution in [2.24, 2.45) is 7.05 Å². The normalized spacial score (nSPS) is 16.8. The summed E-state index contributed by atoms with van der Waals surface area (Å²) in [6.07, 6.45) is 1.90. The first-order valence-corrected chi connectivity index (χ1v) is 8.60. The summed E-state index contributed by atoms with van der Waals surface area (Å²) in [6.45, 7) is 5.81. The topological polar surface area (TPSA) is 86.9 Å². The molecular weight excluding hydrogens is 328 g/mol. The van der Waals surface area contributed by atoms with Crippen molar-refractivity contribution in [3.8, 4) is 0 Å². The smallest absolute Gasteiger partial charge is 0.338 e. The molecule has 3 rings (SSSR count). The van der Waals surface area contributed by atoms with Gasteiger partial charge in [-0.15, -0.1) is 5.10 Å². The first-order chi connectivity index (χ1) is 11.5. The number of nitrogens with zero attached hydrogens (tertiary/aromatic N) is 5. The highest BCUT2D eigenvalue weighted by atomic mass is 32.2. The molecule has 9 heteroatoms. The lowest BCUT2D eigenvalue weighted by molar-refractivity contribution is -0.136. The fourth-order valence-corrected chi connectivity index (χ4v) is 3.42. The summed E-state index contributed by atoms with van der Waals surface area (Å²) in [5, 5.41) is 12.8. The number of fused-ring (bicyclic) bond motifs is 1. The van der Waals surface area contributed by atoms with Crippen LogP contribution in [0.25, 0.3) is 0 Å². The van der Waals surface area contributed by atoms with Crippen molar-refractivity contribution in [1.29, 1.82) is 0 Å². The van der Waals surface area contributed by atoms with Gasteiger partial charge in [-0.1, -0.05) is 18.7 Å². The lowest BCUT2D eigenvalue weighted by Gasteiger charge is -2.27. The van der Waals surface area contributed by atoms with E-state index in [0.29, 0.717) is 22.4 Å².